The highest BCUT2D eigenvalue weighted by Crippen LogP contribution is 2.22. The Bertz CT molecular complexity index is 528. The van der Waals surface area contributed by atoms with Crippen LogP contribution in [0.2, 0.25) is 0 Å². The number of nitrogens with one attached hydrogen (secondary N) is 2. The molecule has 0 aliphatic rings. The lowest BCUT2D eigenvalue weighted by Gasteiger charge is -2.13. The zero-order chi connectivity index (χ0) is 18.2. The summed E-state index contributed by atoms with van der Waals surface area (Å²) in [7, 11) is 1.60. The second kappa shape index (κ2) is 10.8. The summed E-state index contributed by atoms with van der Waals surface area (Å²) < 4.78 is 45.9. The minimum Gasteiger partial charge on any atom is -0.443 e. The maximum Gasteiger partial charge on any atom is 0.411 e. The lowest BCUT2D eigenvalue weighted by molar-refractivity contribution is -0.173. The summed E-state index contributed by atoms with van der Waals surface area (Å²) in [5, 5.41) is 6.01. The fraction of sp³-hybridized carbons (Fsp3) is 0.733. The minimum atomic E-state index is -4.28. The summed E-state index contributed by atoms with van der Waals surface area (Å²) in [4.78, 5) is 8.21. The van der Waals surface area contributed by atoms with Gasteiger partial charge in [0.15, 0.2) is 5.96 Å². The summed E-state index contributed by atoms with van der Waals surface area (Å²) in [5.74, 6) is 1.85. The molecule has 0 bridgehead atoms. The third-order valence-corrected chi connectivity index (χ3v) is 2.95. The van der Waals surface area contributed by atoms with Crippen LogP contribution in [-0.2, 0) is 16.7 Å². The smallest absolute Gasteiger partial charge is 0.411 e. The summed E-state index contributed by atoms with van der Waals surface area (Å²) >= 11 is 0. The first kappa shape index (κ1) is 24.0. The quantitative estimate of drug-likeness (QED) is 0.273. The molecule has 1 aromatic heterocycles. The van der Waals surface area contributed by atoms with Crippen LogP contribution in [0.5, 0.6) is 0 Å². The Kier molecular flexibility index (Phi) is 10.4. The molecule has 0 aliphatic carbocycles. The van der Waals surface area contributed by atoms with Gasteiger partial charge in [-0.3, -0.25) is 4.99 Å². The van der Waals surface area contributed by atoms with Gasteiger partial charge in [0.2, 0.25) is 5.89 Å². The molecule has 1 aromatic rings. The number of guanidine groups is 1. The molecule has 0 saturated heterocycles. The lowest BCUT2D eigenvalue weighted by Crippen LogP contribution is -2.37. The van der Waals surface area contributed by atoms with Crippen molar-refractivity contribution in [2.45, 2.75) is 45.3 Å². The highest BCUT2D eigenvalue weighted by molar-refractivity contribution is 14.0. The van der Waals surface area contributed by atoms with Crippen LogP contribution in [0, 0.1) is 0 Å². The minimum absolute atomic E-state index is 0. The van der Waals surface area contributed by atoms with Gasteiger partial charge < -0.3 is 19.8 Å². The van der Waals surface area contributed by atoms with Gasteiger partial charge in [-0.05, 0) is 6.42 Å². The molecule has 0 atom stereocenters. The molecular weight excluding hydrogens is 452 g/mol. The number of halogens is 4. The average molecular weight is 478 g/mol. The van der Waals surface area contributed by atoms with E-state index in [1.165, 1.54) is 0 Å². The third kappa shape index (κ3) is 10.5. The fourth-order valence-corrected chi connectivity index (χ4v) is 1.69. The molecule has 0 aliphatic heterocycles. The molecule has 25 heavy (non-hydrogen) atoms. The zero-order valence-electron chi connectivity index (χ0n) is 14.9. The Morgan fingerprint density at radius 1 is 1.28 bits per heavy atom. The van der Waals surface area contributed by atoms with Crippen molar-refractivity contribution in [3.05, 3.63) is 17.8 Å². The second-order valence-corrected chi connectivity index (χ2v) is 6.24. The van der Waals surface area contributed by atoms with Crippen molar-refractivity contribution in [1.29, 1.82) is 0 Å². The van der Waals surface area contributed by atoms with E-state index in [1.807, 2.05) is 20.8 Å². The van der Waals surface area contributed by atoms with E-state index in [1.54, 1.807) is 13.2 Å². The van der Waals surface area contributed by atoms with Crippen LogP contribution in [0.1, 0.15) is 38.8 Å². The summed E-state index contributed by atoms with van der Waals surface area (Å²) in [6, 6.07) is 0. The molecule has 0 aromatic carbocycles. The van der Waals surface area contributed by atoms with Crippen LogP contribution in [0.4, 0.5) is 13.2 Å². The number of oxazole rings is 1. The molecule has 0 spiro atoms. The molecule has 0 saturated carbocycles. The molecule has 1 rings (SSSR count). The largest absolute Gasteiger partial charge is 0.443 e. The lowest BCUT2D eigenvalue weighted by atomic mass is 9.94. The van der Waals surface area contributed by atoms with E-state index in [2.05, 4.69) is 25.3 Å². The van der Waals surface area contributed by atoms with Gasteiger partial charge in [0.25, 0.3) is 0 Å². The summed E-state index contributed by atoms with van der Waals surface area (Å²) in [6.07, 6.45) is -2.15. The number of ether oxygens (including phenoxy) is 1. The van der Waals surface area contributed by atoms with Gasteiger partial charge >= 0.3 is 6.18 Å². The number of nitrogens with zero attached hydrogens (tertiary/aromatic N) is 2. The van der Waals surface area contributed by atoms with E-state index < -0.39 is 12.8 Å². The zero-order valence-corrected chi connectivity index (χ0v) is 17.2. The standard InChI is InChI=1S/C15H25F3N4O2.HI/c1-14(2,3)11-8-21-12(24-11)9-22-13(19-4)20-6-5-7-23-10-15(16,17)18;/h8H,5-7,9-10H2,1-4H3,(H2,19,20,22);1H. The van der Waals surface area contributed by atoms with Crippen LogP contribution in [0.15, 0.2) is 15.6 Å². The van der Waals surface area contributed by atoms with E-state index in [-0.39, 0.29) is 36.0 Å². The van der Waals surface area contributed by atoms with Gasteiger partial charge in [0.05, 0.1) is 12.7 Å². The molecule has 0 fully saturated rings. The van der Waals surface area contributed by atoms with Crippen molar-refractivity contribution in [3.63, 3.8) is 0 Å². The predicted octanol–water partition coefficient (Wildman–Crippen LogP) is 3.22. The highest BCUT2D eigenvalue weighted by Gasteiger charge is 2.27. The Morgan fingerprint density at radius 3 is 2.48 bits per heavy atom. The first-order chi connectivity index (χ1) is 11.1. The van der Waals surface area contributed by atoms with Crippen molar-refractivity contribution >= 4 is 29.9 Å². The van der Waals surface area contributed by atoms with E-state index in [0.717, 1.165) is 5.76 Å². The first-order valence-electron chi connectivity index (χ1n) is 7.66. The van der Waals surface area contributed by atoms with E-state index in [9.17, 15) is 13.2 Å². The van der Waals surface area contributed by atoms with Gasteiger partial charge in [0.1, 0.15) is 12.4 Å². The van der Waals surface area contributed by atoms with Crippen molar-refractivity contribution in [1.82, 2.24) is 15.6 Å². The highest BCUT2D eigenvalue weighted by atomic mass is 127. The van der Waals surface area contributed by atoms with Crippen LogP contribution in [0.25, 0.3) is 0 Å². The van der Waals surface area contributed by atoms with E-state index in [4.69, 9.17) is 4.42 Å². The van der Waals surface area contributed by atoms with E-state index in [0.29, 0.717) is 31.4 Å². The molecule has 0 amide bonds. The van der Waals surface area contributed by atoms with Crippen molar-refractivity contribution in [2.24, 2.45) is 4.99 Å². The van der Waals surface area contributed by atoms with Crippen molar-refractivity contribution < 1.29 is 22.3 Å². The molecule has 1 heterocycles. The SMILES string of the molecule is CN=C(NCCCOCC(F)(F)F)NCc1ncc(C(C)(C)C)o1.I. The number of hydrogen-bond donors (Lipinski definition) is 2. The van der Waals surface area contributed by atoms with Gasteiger partial charge in [-0.25, -0.2) is 4.98 Å². The molecule has 0 radical (unpaired) electrons. The summed E-state index contributed by atoms with van der Waals surface area (Å²) in [6.45, 7) is 5.71. The Labute approximate surface area is 163 Å². The van der Waals surface area contributed by atoms with Gasteiger partial charge in [0, 0.05) is 25.6 Å². The fourth-order valence-electron chi connectivity index (χ4n) is 1.69. The average Bonchev–Trinajstić information content (AvgIpc) is 2.93. The summed E-state index contributed by atoms with van der Waals surface area (Å²) in [5.41, 5.74) is -0.110. The monoisotopic (exact) mass is 478 g/mol. The predicted molar refractivity (Wildman–Crippen MR) is 100 cm³/mol. The maximum absolute atomic E-state index is 11.9. The van der Waals surface area contributed by atoms with Crippen LogP contribution >= 0.6 is 24.0 Å². The number of alkyl halides is 3. The Balaban J connectivity index is 0.00000576. The molecular formula is C15H26F3IN4O2. The molecule has 2 N–H and O–H groups in total. The first-order valence-corrected chi connectivity index (χ1v) is 7.66. The van der Waals surface area contributed by atoms with Crippen molar-refractivity contribution in [3.8, 4) is 0 Å². The Morgan fingerprint density at radius 2 is 1.96 bits per heavy atom. The maximum atomic E-state index is 11.9. The number of aliphatic imine (C=N–C) groups is 1. The van der Waals surface area contributed by atoms with Gasteiger partial charge in [-0.15, -0.1) is 24.0 Å². The number of aromatic nitrogens is 1. The van der Waals surface area contributed by atoms with Gasteiger partial charge in [-0.1, -0.05) is 20.8 Å². The molecule has 10 heteroatoms. The van der Waals surface area contributed by atoms with Crippen molar-refractivity contribution in [2.75, 3.05) is 26.8 Å². The number of rotatable bonds is 7. The van der Waals surface area contributed by atoms with E-state index >= 15 is 0 Å². The normalized spacial score (nSPS) is 12.7. The molecule has 0 unspecified atom stereocenters. The second-order valence-electron chi connectivity index (χ2n) is 6.24. The molecule has 146 valence electrons. The Hall–Kier alpha value is -1.04. The topological polar surface area (TPSA) is 71.7 Å². The van der Waals surface area contributed by atoms with Crippen LogP contribution < -0.4 is 10.6 Å². The third-order valence-electron chi connectivity index (χ3n) is 2.95. The van der Waals surface area contributed by atoms with Crippen LogP contribution in [-0.4, -0.2) is 43.9 Å². The molecule has 6 nitrogen and oxygen atoms in total. The van der Waals surface area contributed by atoms with Gasteiger partial charge in [-0.2, -0.15) is 13.2 Å². The van der Waals surface area contributed by atoms with Crippen LogP contribution in [0.3, 0.4) is 0 Å². The number of hydrogen-bond acceptors (Lipinski definition) is 4.